The third-order valence-electron chi connectivity index (χ3n) is 6.60. The molecule has 2 aromatic rings. The molecule has 30 heavy (non-hydrogen) atoms. The summed E-state index contributed by atoms with van der Waals surface area (Å²) < 4.78 is 11.7. The molecule has 1 aromatic carbocycles. The van der Waals surface area contributed by atoms with E-state index in [0.29, 0.717) is 19.6 Å². The maximum Gasteiger partial charge on any atom is 0.220 e. The van der Waals surface area contributed by atoms with E-state index in [1.807, 2.05) is 13.0 Å². The number of fused-ring (bicyclic) bond motifs is 2. The van der Waals surface area contributed by atoms with Crippen LogP contribution in [0, 0.1) is 0 Å². The molecule has 0 radical (unpaired) electrons. The number of ether oxygens (including phenoxy) is 2. The van der Waals surface area contributed by atoms with Gasteiger partial charge in [0.15, 0.2) is 0 Å². The Labute approximate surface area is 178 Å². The number of likely N-dealkylation sites (tertiary alicyclic amines) is 1. The van der Waals surface area contributed by atoms with Gasteiger partial charge in [-0.3, -0.25) is 14.8 Å². The second-order valence-corrected chi connectivity index (χ2v) is 8.28. The molecule has 1 aromatic heterocycles. The summed E-state index contributed by atoms with van der Waals surface area (Å²) in [7, 11) is 1.69. The number of amides is 1. The van der Waals surface area contributed by atoms with Gasteiger partial charge >= 0.3 is 0 Å². The zero-order valence-corrected chi connectivity index (χ0v) is 17.9. The van der Waals surface area contributed by atoms with Gasteiger partial charge in [-0.1, -0.05) is 31.2 Å². The van der Waals surface area contributed by atoms with Crippen LogP contribution in [0.3, 0.4) is 0 Å². The van der Waals surface area contributed by atoms with E-state index in [1.165, 1.54) is 11.1 Å². The van der Waals surface area contributed by atoms with Crippen molar-refractivity contribution in [1.82, 2.24) is 20.4 Å². The monoisotopic (exact) mass is 412 g/mol. The van der Waals surface area contributed by atoms with Crippen LogP contribution in [0.15, 0.2) is 36.5 Å². The minimum atomic E-state index is -0.121. The third kappa shape index (κ3) is 4.02. The molecule has 0 saturated carbocycles. The van der Waals surface area contributed by atoms with Crippen molar-refractivity contribution in [3.05, 3.63) is 53.3 Å². The van der Waals surface area contributed by atoms with Crippen molar-refractivity contribution >= 4 is 5.91 Å². The predicted molar refractivity (Wildman–Crippen MR) is 114 cm³/mol. The van der Waals surface area contributed by atoms with Gasteiger partial charge in [0.2, 0.25) is 5.91 Å². The lowest BCUT2D eigenvalue weighted by atomic mass is 9.71. The van der Waals surface area contributed by atoms with Crippen LogP contribution < -0.4 is 5.32 Å². The molecule has 4 rings (SSSR count). The van der Waals surface area contributed by atoms with Gasteiger partial charge in [-0.05, 0) is 43.1 Å². The average molecular weight is 413 g/mol. The number of methoxy groups -OCH3 is 1. The Hall–Kier alpha value is -2.22. The van der Waals surface area contributed by atoms with Crippen molar-refractivity contribution < 1.29 is 14.3 Å². The molecule has 2 N–H and O–H groups in total. The summed E-state index contributed by atoms with van der Waals surface area (Å²) in [6.45, 7) is 5.79. The average Bonchev–Trinajstić information content (AvgIpc) is 3.37. The van der Waals surface area contributed by atoms with Gasteiger partial charge in [-0.15, -0.1) is 0 Å². The lowest BCUT2D eigenvalue weighted by Crippen LogP contribution is -2.51. The van der Waals surface area contributed by atoms with Crippen LogP contribution in [0.4, 0.5) is 0 Å². The van der Waals surface area contributed by atoms with Crippen molar-refractivity contribution in [2.75, 3.05) is 33.4 Å². The smallest absolute Gasteiger partial charge is 0.220 e. The molecule has 162 valence electrons. The van der Waals surface area contributed by atoms with Gasteiger partial charge in [0.25, 0.3) is 0 Å². The molecule has 0 unspecified atom stereocenters. The van der Waals surface area contributed by atoms with E-state index in [0.717, 1.165) is 38.2 Å². The zero-order chi connectivity index (χ0) is 21.0. The molecule has 2 aliphatic rings. The number of carbonyl (C=O) groups is 1. The summed E-state index contributed by atoms with van der Waals surface area (Å²) in [5, 5.41) is 10.4. The number of rotatable bonds is 8. The summed E-state index contributed by atoms with van der Waals surface area (Å²) in [6, 6.07) is 10.4. The summed E-state index contributed by atoms with van der Waals surface area (Å²) in [5.41, 5.74) is 3.57. The number of aromatic nitrogens is 2. The molecule has 1 aliphatic heterocycles. The standard InChI is InChI=1S/C23H32N4O3/c1-3-20(28)25-21-18-6-4-5-7-19(18)23(22(21)30-15-14-29-2)9-12-27(13-10-23)16-17-8-11-24-26-17/h4-8,11,21-22H,3,9-10,12-16H2,1-2H3,(H,24,26)(H,25,28)/t21-,22+/m1/s1. The Morgan fingerprint density at radius 3 is 2.77 bits per heavy atom. The molecule has 1 saturated heterocycles. The molecule has 1 amide bonds. The van der Waals surface area contributed by atoms with E-state index in [-0.39, 0.29) is 23.5 Å². The molecule has 1 fully saturated rings. The highest BCUT2D eigenvalue weighted by atomic mass is 16.5. The first-order valence-corrected chi connectivity index (χ1v) is 10.9. The molecular formula is C23H32N4O3. The minimum Gasteiger partial charge on any atom is -0.382 e. The third-order valence-corrected chi connectivity index (χ3v) is 6.60. The van der Waals surface area contributed by atoms with Crippen LogP contribution in [-0.4, -0.2) is 60.5 Å². The lowest BCUT2D eigenvalue weighted by molar-refractivity contribution is -0.124. The fourth-order valence-corrected chi connectivity index (χ4v) is 5.08. The first kappa shape index (κ1) is 21.0. The number of nitrogens with zero attached hydrogens (tertiary/aromatic N) is 2. The van der Waals surface area contributed by atoms with Crippen LogP contribution in [0.5, 0.6) is 0 Å². The van der Waals surface area contributed by atoms with Crippen LogP contribution in [-0.2, 0) is 26.2 Å². The first-order valence-electron chi connectivity index (χ1n) is 10.9. The number of H-pyrrole nitrogens is 1. The summed E-state index contributed by atoms with van der Waals surface area (Å²) >= 11 is 0. The Balaban J connectivity index is 1.59. The minimum absolute atomic E-state index is 0.0591. The van der Waals surface area contributed by atoms with E-state index < -0.39 is 0 Å². The molecule has 2 atom stereocenters. The highest BCUT2D eigenvalue weighted by molar-refractivity contribution is 5.76. The van der Waals surface area contributed by atoms with Crippen LogP contribution in [0.1, 0.15) is 49.0 Å². The van der Waals surface area contributed by atoms with Gasteiger partial charge in [-0.2, -0.15) is 5.10 Å². The number of piperidine rings is 1. The van der Waals surface area contributed by atoms with Crippen molar-refractivity contribution in [2.24, 2.45) is 0 Å². The van der Waals surface area contributed by atoms with Gasteiger partial charge in [0.1, 0.15) is 0 Å². The van der Waals surface area contributed by atoms with E-state index in [4.69, 9.17) is 9.47 Å². The topological polar surface area (TPSA) is 79.5 Å². The fourth-order valence-electron chi connectivity index (χ4n) is 5.08. The highest BCUT2D eigenvalue weighted by Crippen LogP contribution is 2.52. The number of aromatic amines is 1. The number of hydrogen-bond donors (Lipinski definition) is 2. The Kier molecular flexibility index (Phi) is 6.51. The van der Waals surface area contributed by atoms with Gasteiger partial charge < -0.3 is 14.8 Å². The van der Waals surface area contributed by atoms with Gasteiger partial charge in [0, 0.05) is 37.4 Å². The summed E-state index contributed by atoms with van der Waals surface area (Å²) in [4.78, 5) is 14.8. The SMILES string of the molecule is CCC(=O)N[C@@H]1c2ccccc2C2(CCN(Cc3ccn[nH]3)CC2)[C@H]1OCCOC. The molecule has 0 bridgehead atoms. The number of benzene rings is 1. The van der Waals surface area contributed by atoms with Gasteiger partial charge in [-0.25, -0.2) is 0 Å². The van der Waals surface area contributed by atoms with E-state index >= 15 is 0 Å². The van der Waals surface area contributed by atoms with Crippen LogP contribution in [0.25, 0.3) is 0 Å². The molecule has 2 heterocycles. The Bertz CT molecular complexity index is 831. The number of nitrogens with one attached hydrogen (secondary N) is 2. The summed E-state index contributed by atoms with van der Waals surface area (Å²) in [5.74, 6) is 0.0591. The Morgan fingerprint density at radius 2 is 2.07 bits per heavy atom. The first-order chi connectivity index (χ1) is 14.7. The van der Waals surface area contributed by atoms with Crippen molar-refractivity contribution in [3.63, 3.8) is 0 Å². The molecule has 7 nitrogen and oxygen atoms in total. The zero-order valence-electron chi connectivity index (χ0n) is 17.9. The van der Waals surface area contributed by atoms with E-state index in [1.54, 1.807) is 13.3 Å². The number of hydrogen-bond acceptors (Lipinski definition) is 5. The quantitative estimate of drug-likeness (QED) is 0.652. The van der Waals surface area contributed by atoms with E-state index in [9.17, 15) is 4.79 Å². The van der Waals surface area contributed by atoms with Crippen LogP contribution in [0.2, 0.25) is 0 Å². The predicted octanol–water partition coefficient (Wildman–Crippen LogP) is 2.56. The van der Waals surface area contributed by atoms with Crippen molar-refractivity contribution in [2.45, 2.75) is 50.3 Å². The van der Waals surface area contributed by atoms with Crippen molar-refractivity contribution in [1.29, 1.82) is 0 Å². The number of carbonyl (C=O) groups excluding carboxylic acids is 1. The summed E-state index contributed by atoms with van der Waals surface area (Å²) in [6.07, 6.45) is 4.17. The van der Waals surface area contributed by atoms with Gasteiger partial charge in [0.05, 0.1) is 25.4 Å². The largest absolute Gasteiger partial charge is 0.382 e. The lowest BCUT2D eigenvalue weighted by Gasteiger charge is -2.44. The molecule has 1 aliphatic carbocycles. The fraction of sp³-hybridized carbons (Fsp3) is 0.565. The maximum absolute atomic E-state index is 12.3. The molecule has 7 heteroatoms. The normalized spacial score (nSPS) is 22.9. The second-order valence-electron chi connectivity index (χ2n) is 8.28. The second kappa shape index (κ2) is 9.29. The Morgan fingerprint density at radius 1 is 1.27 bits per heavy atom. The molecular weight excluding hydrogens is 380 g/mol. The maximum atomic E-state index is 12.3. The highest BCUT2D eigenvalue weighted by Gasteiger charge is 2.54. The van der Waals surface area contributed by atoms with E-state index in [2.05, 4.69) is 44.7 Å². The van der Waals surface area contributed by atoms with Crippen molar-refractivity contribution in [3.8, 4) is 0 Å². The molecule has 1 spiro atoms. The van der Waals surface area contributed by atoms with Crippen LogP contribution >= 0.6 is 0 Å².